The van der Waals surface area contributed by atoms with E-state index < -0.39 is 10.1 Å². The van der Waals surface area contributed by atoms with E-state index in [-0.39, 0.29) is 4.90 Å². The van der Waals surface area contributed by atoms with E-state index >= 15 is 0 Å². The average molecular weight is 351 g/mol. The molecular weight excluding hydrogens is 334 g/mol. The molecule has 0 saturated carbocycles. The lowest BCUT2D eigenvalue weighted by Gasteiger charge is -2.05. The van der Waals surface area contributed by atoms with Gasteiger partial charge in [0.15, 0.2) is 0 Å². The lowest BCUT2D eigenvalue weighted by molar-refractivity contribution is -0.650. The van der Waals surface area contributed by atoms with Crippen LogP contribution in [0.2, 0.25) is 0 Å². The smallest absolute Gasteiger partial charge is 0.335 e. The van der Waals surface area contributed by atoms with Gasteiger partial charge >= 0.3 is 6.39 Å². The van der Waals surface area contributed by atoms with Gasteiger partial charge in [-0.15, -0.1) is 11.8 Å². The Morgan fingerprint density at radius 1 is 1.13 bits per heavy atom. The minimum Gasteiger partial charge on any atom is -0.744 e. The quantitative estimate of drug-likeness (QED) is 0.403. The molecule has 0 N–H and O–H groups in total. The third-order valence-electron chi connectivity index (χ3n) is 3.19. The molecule has 5 nitrogen and oxygen atoms in total. The van der Waals surface area contributed by atoms with E-state index in [0.717, 1.165) is 16.7 Å². The van der Waals surface area contributed by atoms with E-state index in [4.69, 9.17) is 4.42 Å². The summed E-state index contributed by atoms with van der Waals surface area (Å²) in [7, 11) is -2.29. The number of oxazole rings is 1. The van der Waals surface area contributed by atoms with Crippen molar-refractivity contribution in [3.8, 4) is 0 Å². The largest absolute Gasteiger partial charge is 0.744 e. The molecule has 23 heavy (non-hydrogen) atoms. The number of aromatic nitrogens is 1. The van der Waals surface area contributed by atoms with Gasteiger partial charge in [0.25, 0.3) is 5.52 Å². The van der Waals surface area contributed by atoms with Gasteiger partial charge in [-0.25, -0.2) is 8.42 Å². The fourth-order valence-corrected chi connectivity index (χ4v) is 2.80. The third-order valence-corrected chi connectivity index (χ3v) is 4.77. The maximum Gasteiger partial charge on any atom is 0.335 e. The fraction of sp³-hybridized carbons (Fsp3) is 0.188. The maximum absolute atomic E-state index is 10.4. The Morgan fingerprint density at radius 2 is 1.78 bits per heavy atom. The van der Waals surface area contributed by atoms with Crippen molar-refractivity contribution in [3.05, 3.63) is 54.4 Å². The number of rotatable bonds is 2. The summed E-state index contributed by atoms with van der Waals surface area (Å²) in [4.78, 5) is 1.09. The van der Waals surface area contributed by atoms with Crippen LogP contribution in [-0.2, 0) is 17.2 Å². The van der Waals surface area contributed by atoms with Gasteiger partial charge in [0, 0.05) is 11.0 Å². The Kier molecular flexibility index (Phi) is 5.46. The monoisotopic (exact) mass is 351 g/mol. The number of hydrogen-bond donors (Lipinski definition) is 0. The molecule has 0 saturated heterocycles. The second-order valence-electron chi connectivity index (χ2n) is 4.93. The van der Waals surface area contributed by atoms with Crippen LogP contribution in [-0.4, -0.2) is 19.2 Å². The molecule has 122 valence electrons. The third kappa shape index (κ3) is 4.57. The molecule has 1 aromatic heterocycles. The summed E-state index contributed by atoms with van der Waals surface area (Å²) in [6.07, 6.45) is 3.79. The zero-order valence-corrected chi connectivity index (χ0v) is 14.6. The van der Waals surface area contributed by atoms with E-state index in [9.17, 15) is 13.0 Å². The number of nitrogens with zero attached hydrogens (tertiary/aromatic N) is 1. The van der Waals surface area contributed by atoms with Gasteiger partial charge in [0.2, 0.25) is 5.58 Å². The van der Waals surface area contributed by atoms with Gasteiger partial charge in [0.05, 0.1) is 4.90 Å². The van der Waals surface area contributed by atoms with Gasteiger partial charge in [-0.1, -0.05) is 17.7 Å². The number of benzene rings is 2. The zero-order valence-electron chi connectivity index (χ0n) is 13.0. The van der Waals surface area contributed by atoms with E-state index in [1.54, 1.807) is 30.3 Å². The Balaban J connectivity index is 0.000000168. The van der Waals surface area contributed by atoms with Crippen LogP contribution >= 0.6 is 11.8 Å². The van der Waals surface area contributed by atoms with Crippen LogP contribution in [0.15, 0.2) is 63.1 Å². The van der Waals surface area contributed by atoms with E-state index in [1.807, 2.05) is 24.6 Å². The fourth-order valence-electron chi connectivity index (χ4n) is 1.90. The minimum atomic E-state index is -4.27. The zero-order chi connectivity index (χ0) is 17.0. The summed E-state index contributed by atoms with van der Waals surface area (Å²) in [5, 5.41) is 0. The molecule has 0 atom stereocenters. The van der Waals surface area contributed by atoms with E-state index in [2.05, 4.69) is 18.4 Å². The lowest BCUT2D eigenvalue weighted by atomic mass is 10.2. The number of aryl methyl sites for hydroxylation is 2. The summed E-state index contributed by atoms with van der Waals surface area (Å²) in [6.45, 7) is 1.82. The highest BCUT2D eigenvalue weighted by atomic mass is 32.2. The molecule has 0 aliphatic rings. The van der Waals surface area contributed by atoms with Crippen molar-refractivity contribution < 1.29 is 22.0 Å². The first-order chi connectivity index (χ1) is 10.8. The summed E-state index contributed by atoms with van der Waals surface area (Å²) in [6, 6.07) is 12.0. The Bertz CT molecular complexity index is 899. The summed E-state index contributed by atoms with van der Waals surface area (Å²) in [5.41, 5.74) is 3.01. The van der Waals surface area contributed by atoms with Crippen LogP contribution in [0.1, 0.15) is 5.56 Å². The van der Waals surface area contributed by atoms with Crippen LogP contribution in [0.3, 0.4) is 0 Å². The molecule has 0 unspecified atom stereocenters. The van der Waals surface area contributed by atoms with Crippen molar-refractivity contribution in [1.82, 2.24) is 0 Å². The number of fused-ring (bicyclic) bond motifs is 1. The van der Waals surface area contributed by atoms with Gasteiger partial charge < -0.3 is 8.97 Å². The van der Waals surface area contributed by atoms with Gasteiger partial charge in [-0.3, -0.25) is 0 Å². The molecule has 0 spiro atoms. The van der Waals surface area contributed by atoms with Crippen molar-refractivity contribution in [2.75, 3.05) is 6.26 Å². The number of hydrogen-bond acceptors (Lipinski definition) is 5. The highest BCUT2D eigenvalue weighted by Crippen LogP contribution is 2.19. The molecule has 1 heterocycles. The lowest BCUT2D eigenvalue weighted by Crippen LogP contribution is -2.24. The first kappa shape index (κ1) is 17.5. The highest BCUT2D eigenvalue weighted by Gasteiger charge is 2.08. The van der Waals surface area contributed by atoms with Crippen molar-refractivity contribution in [3.63, 3.8) is 0 Å². The molecule has 3 rings (SSSR count). The minimum absolute atomic E-state index is 0.178. The van der Waals surface area contributed by atoms with Crippen molar-refractivity contribution in [1.29, 1.82) is 0 Å². The molecule has 0 bridgehead atoms. The molecule has 3 aromatic rings. The Morgan fingerprint density at radius 3 is 2.35 bits per heavy atom. The second kappa shape index (κ2) is 7.16. The van der Waals surface area contributed by atoms with Crippen LogP contribution < -0.4 is 4.57 Å². The van der Waals surface area contributed by atoms with Gasteiger partial charge in [-0.05, 0) is 37.4 Å². The SMILES string of the molecule is CSc1ccc2oc[n+](C)c2c1.Cc1ccc(S(=O)(=O)[O-])cc1. The average Bonchev–Trinajstić information content (AvgIpc) is 2.88. The molecule has 0 aliphatic heterocycles. The molecule has 0 radical (unpaired) electrons. The second-order valence-corrected chi connectivity index (χ2v) is 7.19. The van der Waals surface area contributed by atoms with Gasteiger partial charge in [0.1, 0.15) is 17.2 Å². The normalized spacial score (nSPS) is 11.1. The summed E-state index contributed by atoms with van der Waals surface area (Å²) < 4.78 is 38.4. The predicted octanol–water partition coefficient (Wildman–Crippen LogP) is 2.88. The molecule has 0 fully saturated rings. The van der Waals surface area contributed by atoms with Crippen LogP contribution in [0.5, 0.6) is 0 Å². The number of thioether (sulfide) groups is 1. The highest BCUT2D eigenvalue weighted by molar-refractivity contribution is 7.98. The van der Waals surface area contributed by atoms with Crippen LogP contribution in [0.4, 0.5) is 0 Å². The molecule has 0 aliphatic carbocycles. The van der Waals surface area contributed by atoms with Crippen molar-refractivity contribution >= 4 is 33.0 Å². The van der Waals surface area contributed by atoms with Crippen molar-refractivity contribution in [2.24, 2.45) is 7.05 Å². The van der Waals surface area contributed by atoms with Gasteiger partial charge in [-0.2, -0.15) is 4.57 Å². The predicted molar refractivity (Wildman–Crippen MR) is 88.3 cm³/mol. The molecular formula is C16H17NO4S2. The molecule has 7 heteroatoms. The first-order valence-electron chi connectivity index (χ1n) is 6.74. The first-order valence-corrected chi connectivity index (χ1v) is 9.38. The summed E-state index contributed by atoms with van der Waals surface area (Å²) >= 11 is 1.74. The van der Waals surface area contributed by atoms with E-state index in [0.29, 0.717) is 0 Å². The Labute approximate surface area is 139 Å². The standard InChI is InChI=1S/C9H10NOS.C7H8O3S/c1-10-6-11-9-4-3-7(12-2)5-8(9)10;1-6-2-4-7(5-3-6)11(8,9)10/h3-6H,1-2H3;2-5H,1H3,(H,8,9,10)/q+1;/p-1. The maximum atomic E-state index is 10.4. The van der Waals surface area contributed by atoms with E-state index in [1.165, 1.54) is 17.0 Å². The Hall–Kier alpha value is -1.83. The summed E-state index contributed by atoms with van der Waals surface area (Å²) in [5.74, 6) is 0. The molecule has 0 amide bonds. The molecule has 2 aromatic carbocycles. The van der Waals surface area contributed by atoms with Crippen molar-refractivity contribution in [2.45, 2.75) is 16.7 Å². The van der Waals surface area contributed by atoms with Crippen LogP contribution in [0.25, 0.3) is 11.1 Å². The topological polar surface area (TPSA) is 74.2 Å². The van der Waals surface area contributed by atoms with Crippen LogP contribution in [0, 0.1) is 6.92 Å².